The lowest BCUT2D eigenvalue weighted by atomic mass is 9.96. The van der Waals surface area contributed by atoms with Gasteiger partial charge in [-0.3, -0.25) is 14.4 Å². The Morgan fingerprint density at radius 2 is 1.48 bits per heavy atom. The molecule has 1 saturated carbocycles. The van der Waals surface area contributed by atoms with E-state index in [2.05, 4.69) is 31.0 Å². The van der Waals surface area contributed by atoms with Gasteiger partial charge in [-0.05, 0) is 86.3 Å². The molecule has 0 bridgehead atoms. The molecule has 0 unspecified atom stereocenters. The molecule has 2 heterocycles. The Bertz CT molecular complexity index is 1320. The summed E-state index contributed by atoms with van der Waals surface area (Å²) in [7, 11) is 1.64. The molecular weight excluding hydrogens is 508 g/mol. The van der Waals surface area contributed by atoms with Gasteiger partial charge in [0.15, 0.2) is 5.82 Å². The van der Waals surface area contributed by atoms with E-state index in [1.165, 1.54) is 0 Å². The summed E-state index contributed by atoms with van der Waals surface area (Å²) in [5.74, 6) is 1.47. The van der Waals surface area contributed by atoms with Gasteiger partial charge in [-0.2, -0.15) is 0 Å². The van der Waals surface area contributed by atoms with E-state index >= 15 is 0 Å². The van der Waals surface area contributed by atoms with E-state index in [1.807, 2.05) is 36.4 Å². The number of nitrogens with one attached hydrogen (secondary N) is 3. The van der Waals surface area contributed by atoms with Crippen molar-refractivity contribution >= 4 is 29.2 Å². The SMILES string of the molecule is COc1ccc(-c2ccc(N3CCC(C(=O)NCCNC(=O)c4ccc(NC(=O)C5CC5)cc4)CC3)nn2)cc1. The van der Waals surface area contributed by atoms with Crippen LogP contribution in [0.2, 0.25) is 0 Å². The molecule has 5 rings (SSSR count). The number of carbonyl (C=O) groups is 3. The number of anilines is 2. The van der Waals surface area contributed by atoms with Gasteiger partial charge in [0.2, 0.25) is 11.8 Å². The van der Waals surface area contributed by atoms with E-state index < -0.39 is 0 Å². The van der Waals surface area contributed by atoms with Crippen LogP contribution < -0.4 is 25.6 Å². The first-order valence-electron chi connectivity index (χ1n) is 13.7. The molecule has 1 aliphatic carbocycles. The van der Waals surface area contributed by atoms with Crippen LogP contribution in [0.3, 0.4) is 0 Å². The molecule has 2 fully saturated rings. The molecule has 10 heteroatoms. The fraction of sp³-hybridized carbons (Fsp3) is 0.367. The summed E-state index contributed by atoms with van der Waals surface area (Å²) < 4.78 is 5.20. The first kappa shape index (κ1) is 27.1. The fourth-order valence-electron chi connectivity index (χ4n) is 4.68. The summed E-state index contributed by atoms with van der Waals surface area (Å²) in [6, 6.07) is 18.4. The molecule has 1 aliphatic heterocycles. The Hall–Kier alpha value is -4.47. The minimum absolute atomic E-state index is 0.00518. The van der Waals surface area contributed by atoms with Gasteiger partial charge >= 0.3 is 0 Å². The minimum Gasteiger partial charge on any atom is -0.497 e. The third-order valence-electron chi connectivity index (χ3n) is 7.30. The number of hydrogen-bond acceptors (Lipinski definition) is 7. The van der Waals surface area contributed by atoms with Crippen LogP contribution in [-0.4, -0.2) is 61.2 Å². The van der Waals surface area contributed by atoms with E-state index in [0.717, 1.165) is 61.6 Å². The lowest BCUT2D eigenvalue weighted by molar-refractivity contribution is -0.125. The molecular formula is C30H34N6O4. The van der Waals surface area contributed by atoms with Crippen molar-refractivity contribution < 1.29 is 19.1 Å². The van der Waals surface area contributed by atoms with Crippen molar-refractivity contribution in [3.8, 4) is 17.0 Å². The van der Waals surface area contributed by atoms with E-state index in [-0.39, 0.29) is 29.6 Å². The van der Waals surface area contributed by atoms with Crippen LogP contribution in [-0.2, 0) is 9.59 Å². The third kappa shape index (κ3) is 6.93. The second kappa shape index (κ2) is 12.6. The van der Waals surface area contributed by atoms with Crippen molar-refractivity contribution in [3.05, 3.63) is 66.2 Å². The molecule has 40 heavy (non-hydrogen) atoms. The van der Waals surface area contributed by atoms with Gasteiger partial charge in [-0.25, -0.2) is 0 Å². The van der Waals surface area contributed by atoms with Gasteiger partial charge in [-0.1, -0.05) is 0 Å². The lowest BCUT2D eigenvalue weighted by Crippen LogP contribution is -2.42. The molecule has 3 aromatic rings. The second-order valence-corrected chi connectivity index (χ2v) is 10.2. The Morgan fingerprint density at radius 3 is 2.10 bits per heavy atom. The number of carbonyl (C=O) groups excluding carboxylic acids is 3. The zero-order chi connectivity index (χ0) is 27.9. The molecule has 1 aromatic heterocycles. The van der Waals surface area contributed by atoms with E-state index in [1.54, 1.807) is 31.4 Å². The van der Waals surface area contributed by atoms with Gasteiger partial charge in [-0.15, -0.1) is 10.2 Å². The number of aromatic nitrogens is 2. The molecule has 2 aliphatic rings. The first-order chi connectivity index (χ1) is 19.5. The number of rotatable bonds is 10. The number of methoxy groups -OCH3 is 1. The number of hydrogen-bond donors (Lipinski definition) is 3. The zero-order valence-electron chi connectivity index (χ0n) is 22.6. The number of piperidine rings is 1. The lowest BCUT2D eigenvalue weighted by Gasteiger charge is -2.31. The Morgan fingerprint density at radius 1 is 0.800 bits per heavy atom. The topological polar surface area (TPSA) is 126 Å². The molecule has 10 nitrogen and oxygen atoms in total. The van der Waals surface area contributed by atoms with Crippen molar-refractivity contribution in [2.75, 3.05) is 43.5 Å². The van der Waals surface area contributed by atoms with E-state index in [4.69, 9.17) is 4.74 Å². The summed E-state index contributed by atoms with van der Waals surface area (Å²) in [5, 5.41) is 17.4. The van der Waals surface area contributed by atoms with Gasteiger partial charge in [0, 0.05) is 54.8 Å². The van der Waals surface area contributed by atoms with Crippen LogP contribution in [0, 0.1) is 11.8 Å². The molecule has 3 N–H and O–H groups in total. The van der Waals surface area contributed by atoms with Crippen molar-refractivity contribution in [2.45, 2.75) is 25.7 Å². The number of nitrogens with zero attached hydrogens (tertiary/aromatic N) is 3. The second-order valence-electron chi connectivity index (χ2n) is 10.2. The quantitative estimate of drug-likeness (QED) is 0.336. The van der Waals surface area contributed by atoms with Crippen LogP contribution >= 0.6 is 0 Å². The maximum atomic E-state index is 12.7. The molecule has 3 amide bonds. The smallest absolute Gasteiger partial charge is 0.251 e. The Kier molecular flexibility index (Phi) is 8.53. The summed E-state index contributed by atoms with van der Waals surface area (Å²) in [5.41, 5.74) is 2.95. The highest BCUT2D eigenvalue weighted by Crippen LogP contribution is 2.30. The van der Waals surface area contributed by atoms with Crippen LogP contribution in [0.5, 0.6) is 5.75 Å². The van der Waals surface area contributed by atoms with E-state index in [0.29, 0.717) is 24.3 Å². The maximum Gasteiger partial charge on any atom is 0.251 e. The van der Waals surface area contributed by atoms with Gasteiger partial charge in [0.1, 0.15) is 5.75 Å². The highest BCUT2D eigenvalue weighted by Gasteiger charge is 2.29. The maximum absolute atomic E-state index is 12.7. The number of amides is 3. The van der Waals surface area contributed by atoms with Crippen LogP contribution in [0.15, 0.2) is 60.7 Å². The Balaban J connectivity index is 1.00. The standard InChI is InChI=1S/C30H34N6O4/c1-40-25-10-6-20(7-11-25)26-12-13-27(35-34-26)36-18-14-23(15-19-36)29(38)32-17-16-31-28(37)21-4-8-24(9-5-21)33-30(39)22-2-3-22/h4-13,22-23H,2-3,14-19H2,1H3,(H,31,37)(H,32,38)(H,33,39). The summed E-state index contributed by atoms with van der Waals surface area (Å²) in [6.07, 6.45) is 3.34. The number of benzene rings is 2. The van der Waals surface area contributed by atoms with Crippen molar-refractivity contribution in [1.82, 2.24) is 20.8 Å². The number of ether oxygens (including phenoxy) is 1. The van der Waals surface area contributed by atoms with E-state index in [9.17, 15) is 14.4 Å². The zero-order valence-corrected chi connectivity index (χ0v) is 22.6. The highest BCUT2D eigenvalue weighted by atomic mass is 16.5. The van der Waals surface area contributed by atoms with Gasteiger partial charge < -0.3 is 25.6 Å². The third-order valence-corrected chi connectivity index (χ3v) is 7.30. The van der Waals surface area contributed by atoms with Crippen LogP contribution in [0.25, 0.3) is 11.3 Å². The predicted octanol–water partition coefficient (Wildman–Crippen LogP) is 3.26. The summed E-state index contributed by atoms with van der Waals surface area (Å²) in [4.78, 5) is 39.1. The average Bonchev–Trinajstić information content (AvgIpc) is 3.86. The van der Waals surface area contributed by atoms with Crippen molar-refractivity contribution in [3.63, 3.8) is 0 Å². The predicted molar refractivity (Wildman–Crippen MR) is 152 cm³/mol. The molecule has 0 radical (unpaired) electrons. The highest BCUT2D eigenvalue weighted by molar-refractivity contribution is 5.96. The molecule has 1 saturated heterocycles. The molecule has 0 atom stereocenters. The van der Waals surface area contributed by atoms with Gasteiger partial charge in [0.05, 0.1) is 12.8 Å². The Labute approximate surface area is 233 Å². The van der Waals surface area contributed by atoms with Crippen molar-refractivity contribution in [2.24, 2.45) is 11.8 Å². The minimum atomic E-state index is -0.221. The summed E-state index contributed by atoms with van der Waals surface area (Å²) in [6.45, 7) is 2.14. The molecule has 2 aromatic carbocycles. The first-order valence-corrected chi connectivity index (χ1v) is 13.7. The van der Waals surface area contributed by atoms with Crippen LogP contribution in [0.4, 0.5) is 11.5 Å². The van der Waals surface area contributed by atoms with Crippen molar-refractivity contribution in [1.29, 1.82) is 0 Å². The monoisotopic (exact) mass is 542 g/mol. The average molecular weight is 543 g/mol. The largest absolute Gasteiger partial charge is 0.497 e. The molecule has 208 valence electrons. The molecule has 0 spiro atoms. The summed E-state index contributed by atoms with van der Waals surface area (Å²) >= 11 is 0. The fourth-order valence-corrected chi connectivity index (χ4v) is 4.68. The van der Waals surface area contributed by atoms with Crippen LogP contribution in [0.1, 0.15) is 36.0 Å². The normalized spacial score (nSPS) is 15.3. The van der Waals surface area contributed by atoms with Gasteiger partial charge in [0.25, 0.3) is 5.91 Å².